The van der Waals surface area contributed by atoms with Crippen LogP contribution in [0.15, 0.2) is 65.6 Å². The van der Waals surface area contributed by atoms with E-state index in [0.29, 0.717) is 20.8 Å². The SMILES string of the molecule is CC(C)(C)c1cc(CN2C(=O)CN(Cc3ccc(Cl)cc3)S(=O)(=O)c3c(F)c(F)c(F)c(F)c3CCOC(=O)c3cc2ccc3O)cc(C2CC2)c1. The number of ether oxygens (including phenoxy) is 1. The molecule has 274 valence electrons. The minimum atomic E-state index is -5.34. The number of hydrogen-bond acceptors (Lipinski definition) is 6. The van der Waals surface area contributed by atoms with E-state index in [2.05, 4.69) is 6.07 Å². The number of phenolic OH excluding ortho intramolecular Hbond substituents is 1. The van der Waals surface area contributed by atoms with Crippen LogP contribution >= 0.6 is 11.6 Å². The third-order valence-electron chi connectivity index (χ3n) is 9.17. The summed E-state index contributed by atoms with van der Waals surface area (Å²) in [5.41, 5.74) is 1.34. The first-order chi connectivity index (χ1) is 24.4. The molecule has 1 amide bonds. The third kappa shape index (κ3) is 7.53. The monoisotopic (exact) mass is 758 g/mol. The van der Waals surface area contributed by atoms with E-state index in [1.807, 2.05) is 32.9 Å². The number of esters is 1. The van der Waals surface area contributed by atoms with Gasteiger partial charge in [0, 0.05) is 29.2 Å². The summed E-state index contributed by atoms with van der Waals surface area (Å²) >= 11 is 6.03. The molecular weight excluding hydrogens is 724 g/mol. The fraction of sp³-hybridized carbons (Fsp3) is 0.316. The van der Waals surface area contributed by atoms with Crippen molar-refractivity contribution < 1.29 is 45.4 Å². The second-order valence-corrected chi connectivity index (χ2v) is 16.3. The van der Waals surface area contributed by atoms with Crippen molar-refractivity contribution in [1.82, 2.24) is 4.31 Å². The Morgan fingerprint density at radius 2 is 1.54 bits per heavy atom. The molecule has 2 bridgehead atoms. The van der Waals surface area contributed by atoms with E-state index in [0.717, 1.165) is 24.0 Å². The number of sulfonamides is 1. The number of phenols is 1. The van der Waals surface area contributed by atoms with Crippen LogP contribution in [0.1, 0.15) is 77.7 Å². The zero-order valence-corrected chi connectivity index (χ0v) is 30.1. The van der Waals surface area contributed by atoms with Gasteiger partial charge in [0.15, 0.2) is 23.3 Å². The average molecular weight is 759 g/mol. The second-order valence-electron chi connectivity index (χ2n) is 14.0. The number of anilines is 1. The molecule has 4 aromatic rings. The van der Waals surface area contributed by atoms with Crippen LogP contribution in [0.4, 0.5) is 23.2 Å². The van der Waals surface area contributed by atoms with Crippen LogP contribution in [0.25, 0.3) is 0 Å². The minimum absolute atomic E-state index is 0.0931. The summed E-state index contributed by atoms with van der Waals surface area (Å²) < 4.78 is 94.7. The molecule has 0 saturated heterocycles. The first-order valence-electron chi connectivity index (χ1n) is 16.5. The quantitative estimate of drug-likeness (QED) is 0.0961. The number of carbonyl (C=O) groups is 2. The maximum absolute atomic E-state index is 15.6. The van der Waals surface area contributed by atoms with Gasteiger partial charge in [-0.25, -0.2) is 30.8 Å². The van der Waals surface area contributed by atoms with Crippen LogP contribution in [0.2, 0.25) is 5.02 Å². The first kappa shape index (κ1) is 37.3. The number of rotatable bonds is 5. The van der Waals surface area contributed by atoms with E-state index in [1.54, 1.807) is 0 Å². The van der Waals surface area contributed by atoms with Crippen LogP contribution in [-0.2, 0) is 44.5 Å². The number of fused-ring (bicyclic) bond motifs is 3. The number of nitrogens with zero attached hydrogens (tertiary/aromatic N) is 2. The number of hydrogen-bond donors (Lipinski definition) is 1. The van der Waals surface area contributed by atoms with Crippen LogP contribution in [0.5, 0.6) is 5.75 Å². The Labute approximate surface area is 303 Å². The highest BCUT2D eigenvalue weighted by Gasteiger charge is 2.39. The molecule has 1 heterocycles. The molecule has 0 spiro atoms. The highest BCUT2D eigenvalue weighted by Crippen LogP contribution is 2.42. The molecule has 0 radical (unpaired) electrons. The normalized spacial score (nSPS) is 17.0. The van der Waals surface area contributed by atoms with E-state index in [1.165, 1.54) is 47.4 Å². The highest BCUT2D eigenvalue weighted by atomic mass is 35.5. The molecule has 1 N–H and O–H groups in total. The van der Waals surface area contributed by atoms with Gasteiger partial charge in [-0.05, 0) is 76.8 Å². The van der Waals surface area contributed by atoms with E-state index < -0.39 is 87.5 Å². The van der Waals surface area contributed by atoms with Crippen molar-refractivity contribution in [3.8, 4) is 5.75 Å². The summed E-state index contributed by atoms with van der Waals surface area (Å²) in [6.45, 7) is 3.62. The summed E-state index contributed by atoms with van der Waals surface area (Å²) in [5, 5.41) is 10.9. The lowest BCUT2D eigenvalue weighted by atomic mass is 9.84. The summed E-state index contributed by atoms with van der Waals surface area (Å²) in [5.74, 6) is -11.0. The molecule has 0 unspecified atom stereocenters. The molecule has 0 atom stereocenters. The van der Waals surface area contributed by atoms with Crippen molar-refractivity contribution in [3.05, 3.63) is 122 Å². The highest BCUT2D eigenvalue weighted by molar-refractivity contribution is 7.89. The van der Waals surface area contributed by atoms with Crippen LogP contribution < -0.4 is 4.90 Å². The van der Waals surface area contributed by atoms with Crippen LogP contribution in [0.3, 0.4) is 0 Å². The largest absolute Gasteiger partial charge is 0.507 e. The van der Waals surface area contributed by atoms with Gasteiger partial charge in [0.1, 0.15) is 16.2 Å². The number of halogens is 5. The van der Waals surface area contributed by atoms with E-state index >= 15 is 8.78 Å². The fourth-order valence-corrected chi connectivity index (χ4v) is 7.92. The van der Waals surface area contributed by atoms with E-state index in [9.17, 15) is 31.9 Å². The number of aromatic hydroxyl groups is 1. The van der Waals surface area contributed by atoms with Gasteiger partial charge in [0.2, 0.25) is 15.9 Å². The molecule has 1 saturated carbocycles. The molecule has 52 heavy (non-hydrogen) atoms. The Morgan fingerprint density at radius 3 is 2.19 bits per heavy atom. The average Bonchev–Trinajstić information content (AvgIpc) is 3.94. The van der Waals surface area contributed by atoms with E-state index in [-0.39, 0.29) is 28.8 Å². The third-order valence-corrected chi connectivity index (χ3v) is 11.3. The maximum Gasteiger partial charge on any atom is 0.341 e. The standard InChI is InChI=1S/C38H35ClF4N2O6S/c1-38(2,3)25-15-22(14-24(16-25)23-6-7-23)19-45-27-10-11-30(46)29(17-27)37(48)51-13-12-28-32(40)33(41)34(42)35(43)36(28)52(49,50)44(20-31(45)47)18-21-4-8-26(39)9-5-21/h4-5,8-11,14-17,23,46H,6-7,12-13,18-20H2,1-3H3. The van der Waals surface area contributed by atoms with Gasteiger partial charge in [-0.15, -0.1) is 0 Å². The molecule has 1 aliphatic carbocycles. The van der Waals surface area contributed by atoms with Gasteiger partial charge < -0.3 is 14.7 Å². The Bertz CT molecular complexity index is 2190. The second kappa shape index (κ2) is 14.2. The summed E-state index contributed by atoms with van der Waals surface area (Å²) in [6, 6.07) is 15.6. The molecule has 1 fully saturated rings. The Balaban J connectivity index is 1.54. The minimum Gasteiger partial charge on any atom is -0.507 e. The lowest BCUT2D eigenvalue weighted by Gasteiger charge is -2.30. The van der Waals surface area contributed by atoms with Crippen molar-refractivity contribution in [3.63, 3.8) is 0 Å². The molecule has 6 rings (SSSR count). The molecule has 4 aromatic carbocycles. The smallest absolute Gasteiger partial charge is 0.341 e. The van der Waals surface area contributed by atoms with Gasteiger partial charge >= 0.3 is 5.97 Å². The molecule has 2 aliphatic rings. The van der Waals surface area contributed by atoms with Crippen LogP contribution in [0, 0.1) is 23.3 Å². The zero-order valence-electron chi connectivity index (χ0n) is 28.5. The summed E-state index contributed by atoms with van der Waals surface area (Å²) in [6.07, 6.45) is 1.10. The maximum atomic E-state index is 15.6. The van der Waals surface area contributed by atoms with Gasteiger partial charge in [-0.3, -0.25) is 4.79 Å². The number of amides is 1. The van der Waals surface area contributed by atoms with Crippen molar-refractivity contribution in [2.75, 3.05) is 18.1 Å². The summed E-state index contributed by atoms with van der Waals surface area (Å²) in [4.78, 5) is 27.3. The molecule has 1 aliphatic heterocycles. The molecular formula is C38H35ClF4N2O6S. The van der Waals surface area contributed by atoms with Crippen LogP contribution in [-0.4, -0.2) is 42.9 Å². The molecule has 0 aromatic heterocycles. The van der Waals surface area contributed by atoms with Crippen molar-refractivity contribution >= 4 is 39.2 Å². The fourth-order valence-electron chi connectivity index (χ4n) is 6.11. The first-order valence-corrected chi connectivity index (χ1v) is 18.3. The predicted octanol–water partition coefficient (Wildman–Crippen LogP) is 7.91. The van der Waals surface area contributed by atoms with Gasteiger partial charge in [0.25, 0.3) is 0 Å². The number of cyclic esters (lactones) is 1. The van der Waals surface area contributed by atoms with Gasteiger partial charge in [-0.1, -0.05) is 62.7 Å². The van der Waals surface area contributed by atoms with Gasteiger partial charge in [0.05, 0.1) is 19.7 Å². The van der Waals surface area contributed by atoms with Crippen molar-refractivity contribution in [2.24, 2.45) is 0 Å². The van der Waals surface area contributed by atoms with E-state index in [4.69, 9.17) is 16.3 Å². The van der Waals surface area contributed by atoms with Crippen molar-refractivity contribution in [1.29, 1.82) is 0 Å². The lowest BCUT2D eigenvalue weighted by Crippen LogP contribution is -2.43. The topological polar surface area (TPSA) is 104 Å². The summed E-state index contributed by atoms with van der Waals surface area (Å²) in [7, 11) is -5.34. The number of carbonyl (C=O) groups excluding carboxylic acids is 2. The number of benzene rings is 4. The zero-order chi connectivity index (χ0) is 37.7. The Morgan fingerprint density at radius 1 is 0.865 bits per heavy atom. The Hall–Kier alpha value is -4.46. The molecule has 14 heteroatoms. The van der Waals surface area contributed by atoms with Crippen molar-refractivity contribution in [2.45, 2.75) is 69.4 Å². The Kier molecular flexibility index (Phi) is 10.2. The predicted molar refractivity (Wildman–Crippen MR) is 186 cm³/mol. The lowest BCUT2D eigenvalue weighted by molar-refractivity contribution is -0.119. The van der Waals surface area contributed by atoms with Gasteiger partial charge in [-0.2, -0.15) is 4.31 Å². The molecule has 8 nitrogen and oxygen atoms in total.